The number of para-hydroxylation sites is 1. The second-order valence-electron chi connectivity index (χ2n) is 12.2. The van der Waals surface area contributed by atoms with Crippen LogP contribution in [-0.2, 0) is 19.1 Å². The van der Waals surface area contributed by atoms with Crippen LogP contribution < -0.4 is 10.1 Å². The molecular weight excluding hydrogens is 573 g/mol. The van der Waals surface area contributed by atoms with E-state index in [2.05, 4.69) is 5.32 Å². The molecule has 0 spiro atoms. The van der Waals surface area contributed by atoms with Crippen LogP contribution in [-0.4, -0.2) is 24.1 Å². The van der Waals surface area contributed by atoms with E-state index in [0.717, 1.165) is 0 Å². The molecule has 1 heterocycles. The van der Waals surface area contributed by atoms with Gasteiger partial charge < -0.3 is 14.8 Å². The molecule has 9 heteroatoms. The Balaban J connectivity index is 1.48. The van der Waals surface area contributed by atoms with Gasteiger partial charge >= 0.3 is 0 Å². The zero-order valence-corrected chi connectivity index (χ0v) is 25.0. The van der Waals surface area contributed by atoms with Gasteiger partial charge in [0.2, 0.25) is 0 Å². The smallest absolute Gasteiger partial charge is 0.262 e. The lowest BCUT2D eigenvalue weighted by Crippen LogP contribution is -2.37. The molecule has 0 fully saturated rings. The van der Waals surface area contributed by atoms with Gasteiger partial charge in [0.1, 0.15) is 11.5 Å². The Morgan fingerprint density at radius 1 is 0.875 bits per heavy atom. The molecule has 2 aromatic carbocycles. The highest BCUT2D eigenvalue weighted by Crippen LogP contribution is 2.54. The van der Waals surface area contributed by atoms with Crippen LogP contribution in [0.2, 0.25) is 15.1 Å². The fourth-order valence-electron chi connectivity index (χ4n) is 5.78. The van der Waals surface area contributed by atoms with Crippen molar-refractivity contribution < 1.29 is 23.9 Å². The first-order valence-corrected chi connectivity index (χ1v) is 14.2. The summed E-state index contributed by atoms with van der Waals surface area (Å²) in [7, 11) is 0. The van der Waals surface area contributed by atoms with Crippen LogP contribution in [0, 0.1) is 10.8 Å². The van der Waals surface area contributed by atoms with Gasteiger partial charge in [0, 0.05) is 42.7 Å². The van der Waals surface area contributed by atoms with Gasteiger partial charge in [-0.05, 0) is 40.7 Å². The first kappa shape index (κ1) is 28.7. The van der Waals surface area contributed by atoms with Crippen LogP contribution in [0.3, 0.4) is 0 Å². The molecule has 6 nitrogen and oxygen atoms in total. The van der Waals surface area contributed by atoms with E-state index < -0.39 is 11.8 Å². The third kappa shape index (κ3) is 5.67. The third-order valence-corrected chi connectivity index (χ3v) is 8.32. The molecule has 40 heavy (non-hydrogen) atoms. The Morgan fingerprint density at radius 2 is 1.40 bits per heavy atom. The van der Waals surface area contributed by atoms with Crippen molar-refractivity contribution in [3.05, 3.63) is 79.7 Å². The van der Waals surface area contributed by atoms with E-state index in [1.165, 1.54) is 0 Å². The van der Waals surface area contributed by atoms with Gasteiger partial charge in [0.05, 0.1) is 20.8 Å². The Hall–Kier alpha value is -2.80. The summed E-state index contributed by atoms with van der Waals surface area (Å²) < 4.78 is 12.0. The Morgan fingerprint density at radius 3 is 1.93 bits per heavy atom. The van der Waals surface area contributed by atoms with E-state index in [1.54, 1.807) is 36.4 Å². The fraction of sp³-hybridized carbons (Fsp3) is 0.387. The molecule has 0 saturated carbocycles. The summed E-state index contributed by atoms with van der Waals surface area (Å²) in [6, 6.07) is 10.2. The predicted octanol–water partition coefficient (Wildman–Crippen LogP) is 8.06. The highest BCUT2D eigenvalue weighted by Gasteiger charge is 2.48. The van der Waals surface area contributed by atoms with Crippen molar-refractivity contribution in [2.45, 2.75) is 59.3 Å². The van der Waals surface area contributed by atoms with Gasteiger partial charge in [-0.1, -0.05) is 74.6 Å². The van der Waals surface area contributed by atoms with Crippen LogP contribution in [0.4, 0.5) is 5.69 Å². The number of Topliss-reactive ketones (excluding diaryl/α,β-unsaturated/α-hetero) is 2. The van der Waals surface area contributed by atoms with Crippen molar-refractivity contribution in [1.82, 2.24) is 0 Å². The topological polar surface area (TPSA) is 81.7 Å². The van der Waals surface area contributed by atoms with Crippen LogP contribution in [0.1, 0.15) is 64.9 Å². The number of nitrogens with one attached hydrogen (secondary N) is 1. The number of allylic oxidation sites excluding steroid dienone is 4. The molecule has 210 valence electrons. The minimum atomic E-state index is -0.640. The lowest BCUT2D eigenvalue weighted by atomic mass is 9.65. The summed E-state index contributed by atoms with van der Waals surface area (Å²) in [5, 5.41) is 3.41. The number of ether oxygens (including phenoxy) is 2. The van der Waals surface area contributed by atoms with E-state index in [4.69, 9.17) is 44.3 Å². The Bertz CT molecular complexity index is 1430. The zero-order valence-electron chi connectivity index (χ0n) is 22.8. The molecule has 1 N–H and O–H groups in total. The largest absolute Gasteiger partial charge is 0.481 e. The molecule has 1 amide bonds. The molecule has 0 unspecified atom stereocenters. The number of hydrogen-bond donors (Lipinski definition) is 1. The SMILES string of the molecule is CC1(C)CC(=O)C2=C(C1)OC1=C(C(=O)CC(C)(C)C1)C2c1cc(Cl)c(OCC(=O)Nc2ccccc2Cl)c(Cl)c1. The lowest BCUT2D eigenvalue weighted by Gasteiger charge is -2.42. The molecule has 0 radical (unpaired) electrons. The average Bonchev–Trinajstić information content (AvgIpc) is 2.82. The van der Waals surface area contributed by atoms with Crippen molar-refractivity contribution in [2.24, 2.45) is 10.8 Å². The molecule has 0 aromatic heterocycles. The summed E-state index contributed by atoms with van der Waals surface area (Å²) >= 11 is 19.4. The summed E-state index contributed by atoms with van der Waals surface area (Å²) in [5.74, 6) is 0.166. The van der Waals surface area contributed by atoms with Gasteiger partial charge in [-0.2, -0.15) is 0 Å². The minimum absolute atomic E-state index is 0.0516. The molecule has 0 bridgehead atoms. The van der Waals surface area contributed by atoms with Crippen molar-refractivity contribution in [2.75, 3.05) is 11.9 Å². The molecular formula is C31H30Cl3NO5. The Labute approximate surface area is 248 Å². The first-order chi connectivity index (χ1) is 18.7. The van der Waals surface area contributed by atoms with E-state index in [9.17, 15) is 14.4 Å². The number of rotatable bonds is 5. The number of carbonyl (C=O) groups is 3. The molecule has 1 aliphatic heterocycles. The van der Waals surface area contributed by atoms with Crippen LogP contribution >= 0.6 is 34.8 Å². The highest BCUT2D eigenvalue weighted by atomic mass is 35.5. The van der Waals surface area contributed by atoms with E-state index in [0.29, 0.717) is 64.6 Å². The van der Waals surface area contributed by atoms with Crippen LogP contribution in [0.25, 0.3) is 0 Å². The Kier molecular flexibility index (Phi) is 7.58. The number of benzene rings is 2. The standard InChI is InChI=1S/C31H30Cl3NO5/c1-30(2)11-21(36)27-23(13-30)40-24-14-31(3,4)12-22(37)28(24)26(27)16-9-18(33)29(19(34)10-16)39-15-25(38)35-20-8-6-5-7-17(20)32/h5-10,26H,11-15H2,1-4H3,(H,35,38). The second kappa shape index (κ2) is 10.6. The first-order valence-electron chi connectivity index (χ1n) is 13.1. The van der Waals surface area contributed by atoms with Gasteiger partial charge in [-0.3, -0.25) is 14.4 Å². The summed E-state index contributed by atoms with van der Waals surface area (Å²) in [6.45, 7) is 7.79. The maximum Gasteiger partial charge on any atom is 0.262 e. The maximum atomic E-state index is 13.5. The quantitative estimate of drug-likeness (QED) is 0.374. The summed E-state index contributed by atoms with van der Waals surface area (Å²) in [6.07, 6.45) is 1.85. The average molecular weight is 603 g/mol. The van der Waals surface area contributed by atoms with E-state index in [1.807, 2.05) is 27.7 Å². The van der Waals surface area contributed by atoms with Gasteiger partial charge in [-0.25, -0.2) is 0 Å². The van der Waals surface area contributed by atoms with Gasteiger partial charge in [-0.15, -0.1) is 0 Å². The number of hydrogen-bond acceptors (Lipinski definition) is 5. The third-order valence-electron chi connectivity index (χ3n) is 7.43. The number of ketones is 2. The second-order valence-corrected chi connectivity index (χ2v) is 13.4. The molecule has 2 aliphatic carbocycles. The molecule has 2 aromatic rings. The van der Waals surface area contributed by atoms with Crippen LogP contribution in [0.15, 0.2) is 59.1 Å². The summed E-state index contributed by atoms with van der Waals surface area (Å²) in [5.41, 5.74) is 1.53. The van der Waals surface area contributed by atoms with Crippen molar-refractivity contribution in [3.8, 4) is 5.75 Å². The van der Waals surface area contributed by atoms with Gasteiger partial charge in [0.25, 0.3) is 5.91 Å². The molecule has 0 atom stereocenters. The van der Waals surface area contributed by atoms with E-state index >= 15 is 0 Å². The van der Waals surface area contributed by atoms with Crippen LogP contribution in [0.5, 0.6) is 5.75 Å². The maximum absolute atomic E-state index is 13.5. The monoisotopic (exact) mass is 601 g/mol. The molecule has 3 aliphatic rings. The fourth-order valence-corrected chi connectivity index (χ4v) is 6.57. The number of halogens is 3. The molecule has 5 rings (SSSR count). The zero-order chi connectivity index (χ0) is 29.0. The molecule has 0 saturated heterocycles. The normalized spacial score (nSPS) is 20.1. The number of carbonyl (C=O) groups excluding carboxylic acids is 3. The van der Waals surface area contributed by atoms with Gasteiger partial charge in [0.15, 0.2) is 23.9 Å². The van der Waals surface area contributed by atoms with Crippen molar-refractivity contribution >= 4 is 58.0 Å². The summed E-state index contributed by atoms with van der Waals surface area (Å²) in [4.78, 5) is 39.5. The van der Waals surface area contributed by atoms with Crippen molar-refractivity contribution in [1.29, 1.82) is 0 Å². The van der Waals surface area contributed by atoms with E-state index in [-0.39, 0.29) is 44.8 Å². The predicted molar refractivity (Wildman–Crippen MR) is 156 cm³/mol. The van der Waals surface area contributed by atoms with Crippen molar-refractivity contribution in [3.63, 3.8) is 0 Å². The number of amides is 1. The minimum Gasteiger partial charge on any atom is -0.481 e. The number of anilines is 1. The highest BCUT2D eigenvalue weighted by molar-refractivity contribution is 6.37. The lowest BCUT2D eigenvalue weighted by molar-refractivity contribution is -0.120.